The fourth-order valence-electron chi connectivity index (χ4n) is 3.21. The lowest BCUT2D eigenvalue weighted by molar-refractivity contribution is 0.0922. The second-order valence-corrected chi connectivity index (χ2v) is 6.30. The maximum absolute atomic E-state index is 12.5. The summed E-state index contributed by atoms with van der Waals surface area (Å²) in [5.41, 5.74) is -1.90. The Balaban J connectivity index is 1.99. The van der Waals surface area contributed by atoms with Gasteiger partial charge in [-0.25, -0.2) is 9.36 Å². The third kappa shape index (κ3) is 3.49. The molecule has 26 heavy (non-hydrogen) atoms. The number of hydrogen-bond donors (Lipinski definition) is 3. The number of ether oxygens (including phenoxy) is 1. The van der Waals surface area contributed by atoms with Crippen molar-refractivity contribution in [1.82, 2.24) is 14.9 Å². The normalized spacial score (nSPS) is 14.8. The van der Waals surface area contributed by atoms with Gasteiger partial charge in [0.05, 0.1) is 12.8 Å². The third-order valence-electron chi connectivity index (χ3n) is 4.58. The van der Waals surface area contributed by atoms with Gasteiger partial charge in [-0.05, 0) is 37.1 Å². The molecule has 1 saturated carbocycles. The van der Waals surface area contributed by atoms with Crippen LogP contribution in [0, 0.1) is 0 Å². The number of methoxy groups -OCH3 is 1. The Kier molecular flexibility index (Phi) is 5.11. The Morgan fingerprint density at radius 3 is 2.46 bits per heavy atom. The predicted octanol–water partition coefficient (Wildman–Crippen LogP) is 1.30. The summed E-state index contributed by atoms with van der Waals surface area (Å²) in [6.45, 7) is 0. The van der Waals surface area contributed by atoms with Gasteiger partial charge in [-0.3, -0.25) is 14.6 Å². The van der Waals surface area contributed by atoms with E-state index in [1.807, 2.05) is 0 Å². The first-order chi connectivity index (χ1) is 12.5. The van der Waals surface area contributed by atoms with E-state index in [9.17, 15) is 19.5 Å². The number of aromatic amines is 1. The highest BCUT2D eigenvalue weighted by Gasteiger charge is 2.24. The topological polar surface area (TPSA) is 113 Å². The molecule has 1 aromatic carbocycles. The van der Waals surface area contributed by atoms with E-state index < -0.39 is 28.6 Å². The average Bonchev–Trinajstić information content (AvgIpc) is 2.62. The molecule has 8 nitrogen and oxygen atoms in total. The zero-order valence-corrected chi connectivity index (χ0v) is 14.4. The molecule has 3 N–H and O–H groups in total. The van der Waals surface area contributed by atoms with Gasteiger partial charge in [0.1, 0.15) is 5.75 Å². The molecule has 0 radical (unpaired) electrons. The molecular formula is C18H21N3O5. The number of amides is 1. The van der Waals surface area contributed by atoms with Crippen LogP contribution in [-0.2, 0) is 0 Å². The largest absolute Gasteiger partial charge is 0.497 e. The summed E-state index contributed by atoms with van der Waals surface area (Å²) < 4.78 is 5.94. The lowest BCUT2D eigenvalue weighted by Gasteiger charge is -2.22. The number of aromatic hydroxyl groups is 1. The van der Waals surface area contributed by atoms with E-state index >= 15 is 0 Å². The van der Waals surface area contributed by atoms with Crippen LogP contribution in [0.1, 0.15) is 42.5 Å². The van der Waals surface area contributed by atoms with Gasteiger partial charge in [0.2, 0.25) is 5.88 Å². The molecule has 0 spiro atoms. The van der Waals surface area contributed by atoms with E-state index in [4.69, 9.17) is 4.74 Å². The van der Waals surface area contributed by atoms with Crippen LogP contribution in [-0.4, -0.2) is 33.7 Å². The fourth-order valence-corrected chi connectivity index (χ4v) is 3.21. The molecule has 3 rings (SSSR count). The van der Waals surface area contributed by atoms with Crippen molar-refractivity contribution in [3.63, 3.8) is 0 Å². The Morgan fingerprint density at radius 2 is 1.85 bits per heavy atom. The van der Waals surface area contributed by atoms with Gasteiger partial charge in [0.25, 0.3) is 11.5 Å². The van der Waals surface area contributed by atoms with Crippen molar-refractivity contribution < 1.29 is 14.6 Å². The first kappa shape index (κ1) is 17.8. The number of rotatable bonds is 4. The maximum Gasteiger partial charge on any atom is 0.335 e. The number of nitrogens with zero attached hydrogens (tertiary/aromatic N) is 1. The average molecular weight is 359 g/mol. The molecule has 0 bridgehead atoms. The lowest BCUT2D eigenvalue weighted by Crippen LogP contribution is -2.41. The Labute approximate surface area is 149 Å². The molecular weight excluding hydrogens is 338 g/mol. The van der Waals surface area contributed by atoms with Gasteiger partial charge in [-0.1, -0.05) is 19.3 Å². The van der Waals surface area contributed by atoms with Crippen molar-refractivity contribution in [2.45, 2.75) is 38.1 Å². The van der Waals surface area contributed by atoms with Gasteiger partial charge >= 0.3 is 5.69 Å². The SMILES string of the molecule is COc1ccc(-n2c(O)c(C(=O)NC3CCCCC3)c(=O)[nH]c2=O)cc1. The third-order valence-corrected chi connectivity index (χ3v) is 4.58. The quantitative estimate of drug-likeness (QED) is 0.761. The molecule has 1 aliphatic carbocycles. The molecule has 1 heterocycles. The van der Waals surface area contributed by atoms with Gasteiger partial charge in [0, 0.05) is 6.04 Å². The summed E-state index contributed by atoms with van der Waals surface area (Å²) in [4.78, 5) is 38.9. The molecule has 0 atom stereocenters. The van der Waals surface area contributed by atoms with Crippen LogP contribution < -0.4 is 21.3 Å². The van der Waals surface area contributed by atoms with E-state index in [0.29, 0.717) is 11.4 Å². The minimum absolute atomic E-state index is 0.0311. The number of H-pyrrole nitrogens is 1. The molecule has 2 aromatic rings. The van der Waals surface area contributed by atoms with Crippen molar-refractivity contribution in [1.29, 1.82) is 0 Å². The highest BCUT2D eigenvalue weighted by atomic mass is 16.5. The molecule has 1 aromatic heterocycles. The smallest absolute Gasteiger partial charge is 0.335 e. The second-order valence-electron chi connectivity index (χ2n) is 6.30. The maximum atomic E-state index is 12.5. The second kappa shape index (κ2) is 7.47. The number of benzene rings is 1. The van der Waals surface area contributed by atoms with Crippen molar-refractivity contribution in [2.75, 3.05) is 7.11 Å². The highest BCUT2D eigenvalue weighted by Crippen LogP contribution is 2.21. The van der Waals surface area contributed by atoms with Crippen molar-refractivity contribution in [3.05, 3.63) is 50.7 Å². The minimum atomic E-state index is -0.912. The van der Waals surface area contributed by atoms with Crippen LogP contribution >= 0.6 is 0 Å². The van der Waals surface area contributed by atoms with Gasteiger partial charge in [0.15, 0.2) is 5.56 Å². The predicted molar refractivity (Wildman–Crippen MR) is 95.2 cm³/mol. The monoisotopic (exact) mass is 359 g/mol. The summed E-state index contributed by atoms with van der Waals surface area (Å²) in [6, 6.07) is 6.26. The molecule has 1 fully saturated rings. The Hall–Kier alpha value is -3.03. The summed E-state index contributed by atoms with van der Waals surface area (Å²) in [7, 11) is 1.51. The minimum Gasteiger partial charge on any atom is -0.497 e. The summed E-state index contributed by atoms with van der Waals surface area (Å²) in [5, 5.41) is 13.3. The number of hydrogen-bond acceptors (Lipinski definition) is 5. The van der Waals surface area contributed by atoms with Crippen LogP contribution in [0.25, 0.3) is 5.69 Å². The van der Waals surface area contributed by atoms with Crippen LogP contribution in [0.15, 0.2) is 33.9 Å². The van der Waals surface area contributed by atoms with Gasteiger partial charge < -0.3 is 15.2 Å². The zero-order valence-electron chi connectivity index (χ0n) is 14.4. The van der Waals surface area contributed by atoms with E-state index in [1.165, 1.54) is 7.11 Å². The number of aromatic nitrogens is 2. The molecule has 1 amide bonds. The lowest BCUT2D eigenvalue weighted by atomic mass is 9.95. The number of carbonyl (C=O) groups excluding carboxylic acids is 1. The molecule has 0 saturated heterocycles. The van der Waals surface area contributed by atoms with Gasteiger partial charge in [-0.2, -0.15) is 0 Å². The fraction of sp³-hybridized carbons (Fsp3) is 0.389. The van der Waals surface area contributed by atoms with E-state index in [2.05, 4.69) is 10.3 Å². The first-order valence-electron chi connectivity index (χ1n) is 8.55. The Morgan fingerprint density at radius 1 is 1.19 bits per heavy atom. The molecule has 138 valence electrons. The number of carbonyl (C=O) groups is 1. The zero-order chi connectivity index (χ0) is 18.7. The molecule has 8 heteroatoms. The Bertz CT molecular complexity index is 908. The van der Waals surface area contributed by atoms with Crippen LogP contribution in [0.5, 0.6) is 11.6 Å². The van der Waals surface area contributed by atoms with Crippen molar-refractivity contribution >= 4 is 5.91 Å². The summed E-state index contributed by atoms with van der Waals surface area (Å²) in [6.07, 6.45) is 4.82. The van der Waals surface area contributed by atoms with E-state index in [0.717, 1.165) is 36.7 Å². The summed E-state index contributed by atoms with van der Waals surface area (Å²) >= 11 is 0. The number of nitrogens with one attached hydrogen (secondary N) is 2. The first-order valence-corrected chi connectivity index (χ1v) is 8.55. The van der Waals surface area contributed by atoms with E-state index in [-0.39, 0.29) is 6.04 Å². The van der Waals surface area contributed by atoms with Crippen molar-refractivity contribution in [2.24, 2.45) is 0 Å². The van der Waals surface area contributed by atoms with Crippen LogP contribution in [0.4, 0.5) is 0 Å². The van der Waals surface area contributed by atoms with Gasteiger partial charge in [-0.15, -0.1) is 0 Å². The summed E-state index contributed by atoms with van der Waals surface area (Å²) in [5.74, 6) is -0.795. The van der Waals surface area contributed by atoms with Crippen LogP contribution in [0.2, 0.25) is 0 Å². The van der Waals surface area contributed by atoms with Crippen molar-refractivity contribution in [3.8, 4) is 17.3 Å². The van der Waals surface area contributed by atoms with E-state index in [1.54, 1.807) is 24.3 Å². The van der Waals surface area contributed by atoms with Crippen LogP contribution in [0.3, 0.4) is 0 Å². The molecule has 0 unspecified atom stereocenters. The molecule has 0 aliphatic heterocycles. The standard InChI is InChI=1S/C18H21N3O5/c1-26-13-9-7-12(8-10-13)21-17(24)14(16(23)20-18(21)25)15(22)19-11-5-3-2-4-6-11/h7-11,24H,2-6H2,1H3,(H,19,22)(H,20,23,25). The molecule has 1 aliphatic rings. The highest BCUT2D eigenvalue weighted by molar-refractivity contribution is 5.96.